The van der Waals surface area contributed by atoms with Crippen LogP contribution >= 0.6 is 0 Å². The number of unbranched alkanes of at least 4 members (excludes halogenated alkanes) is 2. The van der Waals surface area contributed by atoms with Gasteiger partial charge in [0.1, 0.15) is 0 Å². The van der Waals surface area contributed by atoms with Crippen LogP contribution in [0.2, 0.25) is 0 Å². The van der Waals surface area contributed by atoms with Crippen molar-refractivity contribution < 1.29 is 1.43 Å². The first-order chi connectivity index (χ1) is 7.76. The van der Waals surface area contributed by atoms with E-state index in [0.717, 1.165) is 0 Å². The molecule has 0 aromatic rings. The molecule has 0 aliphatic heterocycles. The summed E-state index contributed by atoms with van der Waals surface area (Å²) in [5, 5.41) is 0. The SMILES string of the molecule is C=CC1=CC(CCCCC)=CC2CC12C=C.[HH]. The van der Waals surface area contributed by atoms with E-state index in [2.05, 4.69) is 38.3 Å². The predicted octanol–water partition coefficient (Wildman–Crippen LogP) is 5.06. The van der Waals surface area contributed by atoms with Gasteiger partial charge in [0, 0.05) is 6.84 Å². The average Bonchev–Trinajstić information content (AvgIpc) is 3.03. The summed E-state index contributed by atoms with van der Waals surface area (Å²) < 4.78 is 0. The first kappa shape index (κ1) is 11.4. The maximum absolute atomic E-state index is 3.98. The molecule has 0 aromatic heterocycles. The van der Waals surface area contributed by atoms with Crippen molar-refractivity contribution in [3.63, 3.8) is 0 Å². The van der Waals surface area contributed by atoms with E-state index in [9.17, 15) is 0 Å². The molecule has 1 fully saturated rings. The molecule has 1 saturated carbocycles. The van der Waals surface area contributed by atoms with Gasteiger partial charge in [0.15, 0.2) is 0 Å². The van der Waals surface area contributed by atoms with Gasteiger partial charge in [-0.2, -0.15) is 0 Å². The maximum atomic E-state index is 3.98. The summed E-state index contributed by atoms with van der Waals surface area (Å²) in [6.45, 7) is 10.2. The lowest BCUT2D eigenvalue weighted by Crippen LogP contribution is -2.06. The van der Waals surface area contributed by atoms with E-state index in [1.165, 1.54) is 43.3 Å². The van der Waals surface area contributed by atoms with Crippen molar-refractivity contribution in [3.8, 4) is 0 Å². The topological polar surface area (TPSA) is 0 Å². The largest absolute Gasteiger partial charge is 0.102 e. The van der Waals surface area contributed by atoms with E-state index in [0.29, 0.717) is 5.92 Å². The number of rotatable bonds is 6. The van der Waals surface area contributed by atoms with E-state index in [1.807, 2.05) is 6.08 Å². The fraction of sp³-hybridized carbons (Fsp3) is 0.500. The molecule has 0 spiro atoms. The van der Waals surface area contributed by atoms with Crippen molar-refractivity contribution in [1.82, 2.24) is 0 Å². The fourth-order valence-corrected chi connectivity index (χ4v) is 2.82. The highest BCUT2D eigenvalue weighted by molar-refractivity contribution is 5.49. The van der Waals surface area contributed by atoms with Gasteiger partial charge in [0.2, 0.25) is 0 Å². The average molecular weight is 216 g/mol. The highest BCUT2D eigenvalue weighted by atomic mass is 14.6. The standard InChI is InChI=1S/C16H22.H2/c1-4-7-8-9-13-10-14(5-2)16(6-3)12-15(16)11-13;/h5-6,10-11,15H,2-4,7-9,12H2,1H3;1H. The van der Waals surface area contributed by atoms with Gasteiger partial charge in [-0.25, -0.2) is 0 Å². The second-order valence-electron chi connectivity index (χ2n) is 5.06. The fourth-order valence-electron chi connectivity index (χ4n) is 2.82. The number of hydrogen-bond acceptors (Lipinski definition) is 0. The molecule has 0 nitrogen and oxygen atoms in total. The van der Waals surface area contributed by atoms with Gasteiger partial charge in [-0.05, 0) is 30.8 Å². The zero-order valence-corrected chi connectivity index (χ0v) is 10.3. The van der Waals surface area contributed by atoms with Gasteiger partial charge < -0.3 is 0 Å². The van der Waals surface area contributed by atoms with Gasteiger partial charge in [-0.3, -0.25) is 0 Å². The van der Waals surface area contributed by atoms with Crippen LogP contribution in [0.15, 0.2) is 48.6 Å². The number of hydrogen-bond donors (Lipinski definition) is 0. The highest BCUT2D eigenvalue weighted by Crippen LogP contribution is 2.62. The molecule has 2 rings (SSSR count). The summed E-state index contributed by atoms with van der Waals surface area (Å²) in [5.74, 6) is 0.708. The molecule has 0 saturated heterocycles. The third kappa shape index (κ3) is 1.81. The maximum Gasteiger partial charge on any atom is 0.0199 e. The molecule has 2 unspecified atom stereocenters. The second kappa shape index (κ2) is 4.45. The van der Waals surface area contributed by atoms with E-state index < -0.39 is 0 Å². The summed E-state index contributed by atoms with van der Waals surface area (Å²) in [6, 6.07) is 0. The summed E-state index contributed by atoms with van der Waals surface area (Å²) in [4.78, 5) is 0. The Kier molecular flexibility index (Phi) is 3.18. The molecule has 0 heteroatoms. The van der Waals surface area contributed by atoms with Gasteiger partial charge >= 0.3 is 0 Å². The molecular formula is C16H24. The van der Waals surface area contributed by atoms with Crippen LogP contribution in [0.3, 0.4) is 0 Å². The van der Waals surface area contributed by atoms with Crippen LogP contribution in [0.1, 0.15) is 40.5 Å². The van der Waals surface area contributed by atoms with E-state index in [4.69, 9.17) is 0 Å². The smallest absolute Gasteiger partial charge is 0.0199 e. The summed E-state index contributed by atoms with van der Waals surface area (Å²) in [6.07, 6.45) is 15.4. The number of allylic oxidation sites excluding steroid dienone is 6. The Morgan fingerprint density at radius 3 is 2.94 bits per heavy atom. The van der Waals surface area contributed by atoms with Crippen molar-refractivity contribution >= 4 is 0 Å². The Balaban J connectivity index is 0.00000144. The Bertz CT molecular complexity index is 362. The molecular weight excluding hydrogens is 192 g/mol. The summed E-state index contributed by atoms with van der Waals surface area (Å²) in [7, 11) is 0. The normalized spacial score (nSPS) is 31.2. The van der Waals surface area contributed by atoms with E-state index >= 15 is 0 Å². The van der Waals surface area contributed by atoms with Crippen LogP contribution in [0.25, 0.3) is 0 Å². The Morgan fingerprint density at radius 1 is 1.50 bits per heavy atom. The Labute approximate surface area is 101 Å². The van der Waals surface area contributed by atoms with Crippen molar-refractivity contribution in [2.45, 2.75) is 39.0 Å². The zero-order chi connectivity index (χ0) is 11.6. The third-order valence-corrected chi connectivity index (χ3v) is 4.01. The Hall–Kier alpha value is -1.04. The van der Waals surface area contributed by atoms with Gasteiger partial charge in [-0.15, -0.1) is 6.58 Å². The van der Waals surface area contributed by atoms with Crippen molar-refractivity contribution in [3.05, 3.63) is 48.6 Å². The predicted molar refractivity (Wildman–Crippen MR) is 73.4 cm³/mol. The molecule has 0 bridgehead atoms. The molecule has 16 heavy (non-hydrogen) atoms. The quantitative estimate of drug-likeness (QED) is 0.430. The minimum Gasteiger partial charge on any atom is -0.102 e. The minimum atomic E-state index is 0. The molecule has 0 amide bonds. The molecule has 2 atom stereocenters. The van der Waals surface area contributed by atoms with Crippen LogP contribution in [0, 0.1) is 11.3 Å². The van der Waals surface area contributed by atoms with Crippen LogP contribution in [0.4, 0.5) is 0 Å². The lowest BCUT2D eigenvalue weighted by molar-refractivity contribution is 0.695. The monoisotopic (exact) mass is 216 g/mol. The molecule has 0 aromatic carbocycles. The van der Waals surface area contributed by atoms with Gasteiger partial charge in [-0.1, -0.05) is 56.2 Å². The summed E-state index contributed by atoms with van der Waals surface area (Å²) >= 11 is 0. The highest BCUT2D eigenvalue weighted by Gasteiger charge is 2.53. The Morgan fingerprint density at radius 2 is 2.31 bits per heavy atom. The van der Waals surface area contributed by atoms with Gasteiger partial charge in [0.05, 0.1) is 0 Å². The van der Waals surface area contributed by atoms with E-state index in [1.54, 1.807) is 0 Å². The summed E-state index contributed by atoms with van der Waals surface area (Å²) in [5.41, 5.74) is 3.17. The molecule has 0 radical (unpaired) electrons. The van der Waals surface area contributed by atoms with Crippen LogP contribution in [-0.4, -0.2) is 0 Å². The van der Waals surface area contributed by atoms with Crippen molar-refractivity contribution in [1.29, 1.82) is 0 Å². The second-order valence-corrected chi connectivity index (χ2v) is 5.06. The van der Waals surface area contributed by atoms with E-state index in [-0.39, 0.29) is 6.84 Å². The van der Waals surface area contributed by atoms with Crippen molar-refractivity contribution in [2.24, 2.45) is 11.3 Å². The van der Waals surface area contributed by atoms with Crippen molar-refractivity contribution in [2.75, 3.05) is 0 Å². The van der Waals surface area contributed by atoms with Crippen LogP contribution in [0.5, 0.6) is 0 Å². The molecule has 0 heterocycles. The zero-order valence-electron chi connectivity index (χ0n) is 10.3. The molecule has 2 aliphatic rings. The minimum absolute atomic E-state index is 0. The molecule has 2 aliphatic carbocycles. The van der Waals surface area contributed by atoms with Crippen LogP contribution < -0.4 is 0 Å². The van der Waals surface area contributed by atoms with Gasteiger partial charge in [0.25, 0.3) is 0 Å². The molecule has 88 valence electrons. The molecule has 0 N–H and O–H groups in total. The lowest BCUT2D eigenvalue weighted by atomic mass is 9.86. The first-order valence-corrected chi connectivity index (χ1v) is 6.45. The van der Waals surface area contributed by atoms with Crippen LogP contribution in [-0.2, 0) is 0 Å². The lowest BCUT2D eigenvalue weighted by Gasteiger charge is -2.19. The first-order valence-electron chi connectivity index (χ1n) is 6.45. The number of fused-ring (bicyclic) bond motifs is 1. The third-order valence-electron chi connectivity index (χ3n) is 4.01.